The van der Waals surface area contributed by atoms with Crippen molar-refractivity contribution in [1.82, 2.24) is 4.98 Å². The number of anilines is 1. The number of aromatic nitrogens is 1. The van der Waals surface area contributed by atoms with Gasteiger partial charge in [-0.1, -0.05) is 38.0 Å². The van der Waals surface area contributed by atoms with Crippen molar-refractivity contribution in [3.63, 3.8) is 0 Å². The van der Waals surface area contributed by atoms with E-state index in [0.29, 0.717) is 6.04 Å². The molecular formula is C19H26N2. The second-order valence-electron chi connectivity index (χ2n) is 6.48. The summed E-state index contributed by atoms with van der Waals surface area (Å²) in [4.78, 5) is 4.63. The Morgan fingerprint density at radius 3 is 2.67 bits per heavy atom. The highest BCUT2D eigenvalue weighted by molar-refractivity contribution is 5.91. The van der Waals surface area contributed by atoms with E-state index in [4.69, 9.17) is 0 Å². The molecule has 0 radical (unpaired) electrons. The summed E-state index contributed by atoms with van der Waals surface area (Å²) in [5.41, 5.74) is 3.45. The summed E-state index contributed by atoms with van der Waals surface area (Å²) in [5, 5.41) is 5.04. The molecule has 1 aliphatic carbocycles. The van der Waals surface area contributed by atoms with E-state index in [1.54, 1.807) is 0 Å². The molecule has 0 spiro atoms. The summed E-state index contributed by atoms with van der Waals surface area (Å²) in [5.74, 6) is 0.962. The molecule has 2 aromatic rings. The van der Waals surface area contributed by atoms with Gasteiger partial charge in [0.05, 0.1) is 5.52 Å². The Labute approximate surface area is 128 Å². The largest absolute Gasteiger partial charge is 0.382 e. The van der Waals surface area contributed by atoms with E-state index in [0.717, 1.165) is 17.1 Å². The van der Waals surface area contributed by atoms with Crippen molar-refractivity contribution in [3.8, 4) is 0 Å². The average molecular weight is 282 g/mol. The van der Waals surface area contributed by atoms with Crippen LogP contribution < -0.4 is 5.32 Å². The van der Waals surface area contributed by atoms with E-state index in [1.807, 2.05) is 0 Å². The molecule has 1 heterocycles. The lowest BCUT2D eigenvalue weighted by molar-refractivity contribution is 0.319. The smallest absolute Gasteiger partial charge is 0.0725 e. The van der Waals surface area contributed by atoms with Gasteiger partial charge in [-0.3, -0.25) is 4.98 Å². The molecule has 0 aliphatic heterocycles. The Kier molecular flexibility index (Phi) is 4.42. The van der Waals surface area contributed by atoms with Crippen LogP contribution in [-0.2, 0) is 0 Å². The third kappa shape index (κ3) is 3.37. The number of rotatable bonds is 4. The van der Waals surface area contributed by atoms with Crippen LogP contribution >= 0.6 is 0 Å². The van der Waals surface area contributed by atoms with E-state index in [1.165, 1.54) is 49.6 Å². The van der Waals surface area contributed by atoms with Crippen LogP contribution in [0.25, 0.3) is 10.9 Å². The quantitative estimate of drug-likeness (QED) is 0.821. The lowest BCUT2D eigenvalue weighted by atomic mass is 9.83. The number of pyridine rings is 1. The lowest BCUT2D eigenvalue weighted by Gasteiger charge is -2.30. The highest BCUT2D eigenvalue weighted by Gasteiger charge is 2.20. The van der Waals surface area contributed by atoms with Crippen LogP contribution in [0, 0.1) is 12.8 Å². The zero-order chi connectivity index (χ0) is 14.7. The van der Waals surface area contributed by atoms with Gasteiger partial charge < -0.3 is 5.32 Å². The first-order valence-corrected chi connectivity index (χ1v) is 8.39. The van der Waals surface area contributed by atoms with Gasteiger partial charge in [0, 0.05) is 22.8 Å². The van der Waals surface area contributed by atoms with E-state index in [9.17, 15) is 0 Å². The fourth-order valence-electron chi connectivity index (χ4n) is 3.65. The minimum absolute atomic E-state index is 0.628. The first kappa shape index (κ1) is 14.4. The molecule has 2 nitrogen and oxygen atoms in total. The van der Waals surface area contributed by atoms with E-state index < -0.39 is 0 Å². The predicted molar refractivity (Wildman–Crippen MR) is 90.8 cm³/mol. The molecular weight excluding hydrogens is 256 g/mol. The molecule has 0 saturated heterocycles. The molecule has 1 saturated carbocycles. The van der Waals surface area contributed by atoms with Crippen molar-refractivity contribution < 1.29 is 0 Å². The van der Waals surface area contributed by atoms with Gasteiger partial charge in [0.1, 0.15) is 0 Å². The van der Waals surface area contributed by atoms with Crippen molar-refractivity contribution in [1.29, 1.82) is 0 Å². The van der Waals surface area contributed by atoms with Crippen LogP contribution in [0.3, 0.4) is 0 Å². The zero-order valence-corrected chi connectivity index (χ0v) is 13.2. The van der Waals surface area contributed by atoms with E-state index in [-0.39, 0.29) is 0 Å². The van der Waals surface area contributed by atoms with Crippen molar-refractivity contribution in [2.24, 2.45) is 5.92 Å². The highest BCUT2D eigenvalue weighted by Crippen LogP contribution is 2.31. The highest BCUT2D eigenvalue weighted by atomic mass is 14.9. The first-order valence-electron chi connectivity index (χ1n) is 8.39. The van der Waals surface area contributed by atoms with Gasteiger partial charge in [-0.2, -0.15) is 0 Å². The zero-order valence-electron chi connectivity index (χ0n) is 13.2. The Morgan fingerprint density at radius 1 is 1.14 bits per heavy atom. The minimum Gasteiger partial charge on any atom is -0.382 e. The van der Waals surface area contributed by atoms with Gasteiger partial charge in [-0.05, 0) is 50.7 Å². The van der Waals surface area contributed by atoms with Crippen molar-refractivity contribution in [2.75, 3.05) is 5.32 Å². The van der Waals surface area contributed by atoms with Crippen LogP contribution in [0.2, 0.25) is 0 Å². The Hall–Kier alpha value is -1.57. The monoisotopic (exact) mass is 282 g/mol. The third-order valence-corrected chi connectivity index (χ3v) is 4.75. The summed E-state index contributed by atoms with van der Waals surface area (Å²) in [7, 11) is 0. The van der Waals surface area contributed by atoms with E-state index >= 15 is 0 Å². The van der Waals surface area contributed by atoms with Gasteiger partial charge in [0.2, 0.25) is 0 Å². The molecule has 0 unspecified atom stereocenters. The number of fused-ring (bicyclic) bond motifs is 1. The number of para-hydroxylation sites is 1. The molecule has 1 fully saturated rings. The Bertz CT molecular complexity index is 598. The summed E-state index contributed by atoms with van der Waals surface area (Å²) in [6.45, 7) is 4.38. The topological polar surface area (TPSA) is 24.9 Å². The fourth-order valence-corrected chi connectivity index (χ4v) is 3.65. The molecule has 112 valence electrons. The molecule has 0 bridgehead atoms. The molecule has 21 heavy (non-hydrogen) atoms. The molecule has 1 aliphatic rings. The molecule has 0 amide bonds. The second-order valence-corrected chi connectivity index (χ2v) is 6.48. The SMILES string of the molecule is CCCC1CCC(Nc2cc(C)nc3ccccc23)CC1. The maximum Gasteiger partial charge on any atom is 0.0725 e. The van der Waals surface area contributed by atoms with Gasteiger partial charge >= 0.3 is 0 Å². The van der Waals surface area contributed by atoms with Crippen LogP contribution in [0.15, 0.2) is 30.3 Å². The summed E-state index contributed by atoms with van der Waals surface area (Å²) < 4.78 is 0. The average Bonchev–Trinajstić information content (AvgIpc) is 2.49. The maximum atomic E-state index is 4.63. The Balaban J connectivity index is 1.74. The standard InChI is InChI=1S/C19H26N2/c1-3-6-15-9-11-16(12-10-15)21-19-13-14(2)20-18-8-5-4-7-17(18)19/h4-5,7-8,13,15-16H,3,6,9-12H2,1-2H3,(H,20,21). The predicted octanol–water partition coefficient (Wildman–Crippen LogP) is 5.31. The van der Waals surface area contributed by atoms with E-state index in [2.05, 4.69) is 54.5 Å². The van der Waals surface area contributed by atoms with Crippen LogP contribution in [0.4, 0.5) is 5.69 Å². The number of hydrogen-bond acceptors (Lipinski definition) is 2. The van der Waals surface area contributed by atoms with Crippen LogP contribution in [-0.4, -0.2) is 11.0 Å². The summed E-state index contributed by atoms with van der Waals surface area (Å²) in [6, 6.07) is 11.3. The molecule has 1 aromatic heterocycles. The van der Waals surface area contributed by atoms with Gasteiger partial charge in [-0.25, -0.2) is 0 Å². The number of aryl methyl sites for hydroxylation is 1. The number of nitrogens with one attached hydrogen (secondary N) is 1. The van der Waals surface area contributed by atoms with Crippen molar-refractivity contribution in [3.05, 3.63) is 36.0 Å². The van der Waals surface area contributed by atoms with Gasteiger partial charge in [-0.15, -0.1) is 0 Å². The molecule has 0 atom stereocenters. The summed E-state index contributed by atoms with van der Waals surface area (Å²) >= 11 is 0. The first-order chi connectivity index (χ1) is 10.3. The Morgan fingerprint density at radius 2 is 1.90 bits per heavy atom. The van der Waals surface area contributed by atoms with Crippen molar-refractivity contribution >= 4 is 16.6 Å². The number of hydrogen-bond donors (Lipinski definition) is 1. The third-order valence-electron chi connectivity index (χ3n) is 4.75. The van der Waals surface area contributed by atoms with Crippen LogP contribution in [0.1, 0.15) is 51.1 Å². The lowest BCUT2D eigenvalue weighted by Crippen LogP contribution is -2.26. The second kappa shape index (κ2) is 6.46. The number of benzene rings is 1. The molecule has 3 rings (SSSR count). The molecule has 1 aromatic carbocycles. The van der Waals surface area contributed by atoms with Crippen LogP contribution in [0.5, 0.6) is 0 Å². The van der Waals surface area contributed by atoms with Gasteiger partial charge in [0.25, 0.3) is 0 Å². The normalized spacial score (nSPS) is 22.4. The summed E-state index contributed by atoms with van der Waals surface area (Å²) in [6.07, 6.45) is 8.11. The van der Waals surface area contributed by atoms with Gasteiger partial charge in [0.15, 0.2) is 0 Å². The fraction of sp³-hybridized carbons (Fsp3) is 0.526. The maximum absolute atomic E-state index is 4.63. The number of nitrogens with zero attached hydrogens (tertiary/aromatic N) is 1. The molecule has 1 N–H and O–H groups in total. The molecule has 2 heteroatoms. The van der Waals surface area contributed by atoms with Crippen molar-refractivity contribution in [2.45, 2.75) is 58.4 Å². The minimum atomic E-state index is 0.628.